The van der Waals surface area contributed by atoms with Gasteiger partial charge in [-0.25, -0.2) is 0 Å². The summed E-state index contributed by atoms with van der Waals surface area (Å²) < 4.78 is 0. The molecule has 2 rings (SSSR count). The molecule has 0 amide bonds. The van der Waals surface area contributed by atoms with Crippen LogP contribution in [0.4, 0.5) is 0 Å². The predicted octanol–water partition coefficient (Wildman–Crippen LogP) is 2.87. The van der Waals surface area contributed by atoms with Gasteiger partial charge in [0, 0.05) is 11.1 Å². The molecule has 0 heterocycles. The summed E-state index contributed by atoms with van der Waals surface area (Å²) in [6.45, 7) is 0.515. The summed E-state index contributed by atoms with van der Waals surface area (Å²) >= 11 is 10.6. The molecule has 4 heteroatoms. The molecule has 0 saturated heterocycles. The van der Waals surface area contributed by atoms with Crippen molar-refractivity contribution in [1.82, 2.24) is 10.6 Å². The molecule has 0 aliphatic heterocycles. The molecule has 2 aromatic rings. The van der Waals surface area contributed by atoms with Crippen molar-refractivity contribution >= 4 is 34.4 Å². The fourth-order valence-electron chi connectivity index (χ4n) is 1.59. The maximum Gasteiger partial charge on any atom is 0.107 e. The van der Waals surface area contributed by atoms with Crippen molar-refractivity contribution in [3.63, 3.8) is 0 Å². The van der Waals surface area contributed by atoms with Crippen molar-refractivity contribution < 1.29 is 0 Å². The molecular formula is C15H14N2S2. The Bertz CT molecular complexity index is 501. The third kappa shape index (κ3) is 4.12. The third-order valence-corrected chi connectivity index (χ3v) is 3.33. The lowest BCUT2D eigenvalue weighted by Gasteiger charge is -2.11. The minimum Gasteiger partial charge on any atom is -0.359 e. The Kier molecular flexibility index (Phi) is 5.01. The highest BCUT2D eigenvalue weighted by molar-refractivity contribution is 7.81. The van der Waals surface area contributed by atoms with Gasteiger partial charge in [0.25, 0.3) is 0 Å². The highest BCUT2D eigenvalue weighted by Crippen LogP contribution is 2.00. The van der Waals surface area contributed by atoms with Crippen LogP contribution >= 0.6 is 24.4 Å². The van der Waals surface area contributed by atoms with Gasteiger partial charge in [0.05, 0.1) is 6.67 Å². The van der Waals surface area contributed by atoms with Crippen LogP contribution in [0.5, 0.6) is 0 Å². The molecule has 96 valence electrons. The first-order valence-corrected chi connectivity index (χ1v) is 6.75. The number of benzene rings is 2. The zero-order valence-corrected chi connectivity index (χ0v) is 11.9. The van der Waals surface area contributed by atoms with Gasteiger partial charge in [0.15, 0.2) is 0 Å². The fourth-order valence-corrected chi connectivity index (χ4v) is 2.00. The van der Waals surface area contributed by atoms with Crippen molar-refractivity contribution in [2.24, 2.45) is 0 Å². The molecule has 2 nitrogen and oxygen atoms in total. The van der Waals surface area contributed by atoms with Crippen LogP contribution in [0.2, 0.25) is 0 Å². The van der Waals surface area contributed by atoms with E-state index >= 15 is 0 Å². The second-order valence-electron chi connectivity index (χ2n) is 3.92. The van der Waals surface area contributed by atoms with E-state index in [1.165, 1.54) is 0 Å². The van der Waals surface area contributed by atoms with Crippen LogP contribution in [0, 0.1) is 0 Å². The number of hydrogen-bond donors (Lipinski definition) is 2. The van der Waals surface area contributed by atoms with Crippen molar-refractivity contribution in [2.45, 2.75) is 0 Å². The highest BCUT2D eigenvalue weighted by atomic mass is 32.1. The van der Waals surface area contributed by atoms with Crippen LogP contribution in [0.1, 0.15) is 11.1 Å². The zero-order valence-electron chi connectivity index (χ0n) is 10.3. The molecule has 0 aromatic heterocycles. The summed E-state index contributed by atoms with van der Waals surface area (Å²) in [5.74, 6) is 0. The standard InChI is InChI=1S/C15H14N2S2/c18-14(12-7-3-1-4-8-12)16-11-17-15(19)13-9-5-2-6-10-13/h1-10H,11H2,(H,16,18)(H,17,19). The molecule has 0 atom stereocenters. The summed E-state index contributed by atoms with van der Waals surface area (Å²) in [6, 6.07) is 19.7. The molecule has 0 radical (unpaired) electrons. The molecule has 0 aliphatic carbocycles. The Hall–Kier alpha value is -1.78. The Morgan fingerprint density at radius 2 is 1.05 bits per heavy atom. The number of nitrogens with one attached hydrogen (secondary N) is 2. The topological polar surface area (TPSA) is 24.1 Å². The van der Waals surface area contributed by atoms with Crippen molar-refractivity contribution in [1.29, 1.82) is 0 Å². The lowest BCUT2D eigenvalue weighted by Crippen LogP contribution is -2.36. The summed E-state index contributed by atoms with van der Waals surface area (Å²) in [5.41, 5.74) is 2.01. The Morgan fingerprint density at radius 3 is 1.42 bits per heavy atom. The van der Waals surface area contributed by atoms with Gasteiger partial charge in [0.1, 0.15) is 9.98 Å². The second kappa shape index (κ2) is 6.97. The summed E-state index contributed by atoms with van der Waals surface area (Å²) in [7, 11) is 0. The monoisotopic (exact) mass is 286 g/mol. The normalized spacial score (nSPS) is 9.68. The van der Waals surface area contributed by atoms with Gasteiger partial charge >= 0.3 is 0 Å². The van der Waals surface area contributed by atoms with Crippen LogP contribution in [0.15, 0.2) is 60.7 Å². The largest absolute Gasteiger partial charge is 0.359 e. The predicted molar refractivity (Wildman–Crippen MR) is 87.4 cm³/mol. The van der Waals surface area contributed by atoms with E-state index in [2.05, 4.69) is 10.6 Å². The summed E-state index contributed by atoms with van der Waals surface area (Å²) in [5, 5.41) is 6.26. The molecule has 19 heavy (non-hydrogen) atoms. The minimum atomic E-state index is 0.515. The molecule has 0 unspecified atom stereocenters. The van der Waals surface area contributed by atoms with E-state index in [0.29, 0.717) is 16.6 Å². The van der Waals surface area contributed by atoms with Crippen LogP contribution < -0.4 is 10.6 Å². The van der Waals surface area contributed by atoms with Crippen LogP contribution in [-0.4, -0.2) is 16.6 Å². The van der Waals surface area contributed by atoms with E-state index in [1.807, 2.05) is 60.7 Å². The van der Waals surface area contributed by atoms with E-state index < -0.39 is 0 Å². The number of hydrogen-bond acceptors (Lipinski definition) is 2. The Morgan fingerprint density at radius 1 is 0.684 bits per heavy atom. The maximum atomic E-state index is 5.29. The van der Waals surface area contributed by atoms with Crippen LogP contribution in [0.3, 0.4) is 0 Å². The molecule has 2 N–H and O–H groups in total. The molecular weight excluding hydrogens is 272 g/mol. The second-order valence-corrected chi connectivity index (χ2v) is 4.74. The van der Waals surface area contributed by atoms with Crippen LogP contribution in [0.25, 0.3) is 0 Å². The molecule has 0 bridgehead atoms. The average molecular weight is 286 g/mol. The van der Waals surface area contributed by atoms with Crippen molar-refractivity contribution in [2.75, 3.05) is 6.67 Å². The van der Waals surface area contributed by atoms with Crippen molar-refractivity contribution in [3.8, 4) is 0 Å². The first-order valence-electron chi connectivity index (χ1n) is 5.94. The van der Waals surface area contributed by atoms with E-state index in [4.69, 9.17) is 24.4 Å². The minimum absolute atomic E-state index is 0.515. The van der Waals surface area contributed by atoms with E-state index in [-0.39, 0.29) is 0 Å². The maximum absolute atomic E-state index is 5.29. The molecule has 0 aliphatic rings. The van der Waals surface area contributed by atoms with Gasteiger partial charge in [-0.2, -0.15) is 0 Å². The average Bonchev–Trinajstić information content (AvgIpc) is 2.49. The van der Waals surface area contributed by atoms with E-state index in [0.717, 1.165) is 11.1 Å². The highest BCUT2D eigenvalue weighted by Gasteiger charge is 2.01. The summed E-state index contributed by atoms with van der Waals surface area (Å²) in [6.07, 6.45) is 0. The quantitative estimate of drug-likeness (QED) is 0.667. The van der Waals surface area contributed by atoms with E-state index in [9.17, 15) is 0 Å². The molecule has 0 fully saturated rings. The first-order chi connectivity index (χ1) is 9.27. The van der Waals surface area contributed by atoms with Gasteiger partial charge in [-0.05, 0) is 0 Å². The van der Waals surface area contributed by atoms with Gasteiger partial charge in [-0.15, -0.1) is 0 Å². The molecule has 0 saturated carbocycles. The summed E-state index contributed by atoms with van der Waals surface area (Å²) in [4.78, 5) is 1.42. The van der Waals surface area contributed by atoms with Gasteiger partial charge in [-0.1, -0.05) is 85.1 Å². The third-order valence-electron chi connectivity index (χ3n) is 2.57. The first kappa shape index (κ1) is 13.6. The van der Waals surface area contributed by atoms with Gasteiger partial charge in [0.2, 0.25) is 0 Å². The Balaban J connectivity index is 1.81. The molecule has 0 spiro atoms. The lowest BCUT2D eigenvalue weighted by atomic mass is 10.2. The Labute approximate surface area is 123 Å². The van der Waals surface area contributed by atoms with Crippen molar-refractivity contribution in [3.05, 3.63) is 71.8 Å². The number of rotatable bonds is 4. The van der Waals surface area contributed by atoms with Gasteiger partial charge in [-0.3, -0.25) is 0 Å². The number of thiocarbonyl (C=S) groups is 2. The SMILES string of the molecule is S=C(NCNC(=S)c1ccccc1)c1ccccc1. The van der Waals surface area contributed by atoms with Gasteiger partial charge < -0.3 is 10.6 Å². The zero-order chi connectivity index (χ0) is 13.5. The van der Waals surface area contributed by atoms with E-state index in [1.54, 1.807) is 0 Å². The smallest absolute Gasteiger partial charge is 0.107 e. The van der Waals surface area contributed by atoms with Crippen LogP contribution in [-0.2, 0) is 0 Å². The molecule has 2 aromatic carbocycles. The lowest BCUT2D eigenvalue weighted by molar-refractivity contribution is 0.847. The fraction of sp³-hybridized carbons (Fsp3) is 0.0667.